The van der Waals surface area contributed by atoms with Gasteiger partial charge in [-0.3, -0.25) is 10.1 Å². The van der Waals surface area contributed by atoms with Crippen molar-refractivity contribution in [3.63, 3.8) is 0 Å². The molecule has 1 unspecified atom stereocenters. The summed E-state index contributed by atoms with van der Waals surface area (Å²) in [6.07, 6.45) is 0.501. The minimum Gasteiger partial charge on any atom is -0.490 e. The number of carbonyl (C=O) groups is 1. The summed E-state index contributed by atoms with van der Waals surface area (Å²) in [7, 11) is 2.65. The molecule has 0 aliphatic rings. The standard InChI is InChI=1S/C14H20N2O5/c1-9(2)8-11(14(17)21-4)15-10-6-5-7-12(20-3)13(10)16(18)19/h5-7,9,11,15H,8H2,1-4H3. The van der Waals surface area contributed by atoms with Crippen molar-refractivity contribution in [2.45, 2.75) is 26.3 Å². The quantitative estimate of drug-likeness (QED) is 0.472. The number of nitrogens with one attached hydrogen (secondary N) is 1. The van der Waals surface area contributed by atoms with Gasteiger partial charge in [-0.25, -0.2) is 4.79 Å². The number of nitrogens with zero attached hydrogens (tertiary/aromatic N) is 1. The third-order valence-electron chi connectivity index (χ3n) is 2.92. The lowest BCUT2D eigenvalue weighted by Gasteiger charge is -2.19. The van der Waals surface area contributed by atoms with Crippen molar-refractivity contribution < 1.29 is 19.2 Å². The molecule has 0 radical (unpaired) electrons. The van der Waals surface area contributed by atoms with E-state index in [4.69, 9.17) is 9.47 Å². The zero-order valence-corrected chi connectivity index (χ0v) is 12.6. The van der Waals surface area contributed by atoms with Crippen LogP contribution < -0.4 is 10.1 Å². The van der Waals surface area contributed by atoms with Crippen molar-refractivity contribution in [3.8, 4) is 5.75 Å². The van der Waals surface area contributed by atoms with Crippen LogP contribution in [0, 0.1) is 16.0 Å². The number of nitro groups is 1. The Kier molecular flexibility index (Phi) is 5.95. The highest BCUT2D eigenvalue weighted by atomic mass is 16.6. The molecule has 7 nitrogen and oxygen atoms in total. The fraction of sp³-hybridized carbons (Fsp3) is 0.500. The van der Waals surface area contributed by atoms with Crippen molar-refractivity contribution in [1.82, 2.24) is 0 Å². The lowest BCUT2D eigenvalue weighted by atomic mass is 10.0. The number of carbonyl (C=O) groups excluding carboxylic acids is 1. The van der Waals surface area contributed by atoms with E-state index in [1.54, 1.807) is 6.07 Å². The highest BCUT2D eigenvalue weighted by Gasteiger charge is 2.26. The monoisotopic (exact) mass is 296 g/mol. The molecular weight excluding hydrogens is 276 g/mol. The van der Waals surface area contributed by atoms with Crippen LogP contribution in [0.4, 0.5) is 11.4 Å². The van der Waals surface area contributed by atoms with Crippen molar-refractivity contribution in [2.24, 2.45) is 5.92 Å². The average molecular weight is 296 g/mol. The smallest absolute Gasteiger partial charge is 0.333 e. The van der Waals surface area contributed by atoms with Crippen LogP contribution in [0.1, 0.15) is 20.3 Å². The van der Waals surface area contributed by atoms with Gasteiger partial charge in [0.25, 0.3) is 0 Å². The Morgan fingerprint density at radius 3 is 2.52 bits per heavy atom. The molecule has 1 N–H and O–H groups in total. The second-order valence-corrected chi connectivity index (χ2v) is 4.96. The van der Waals surface area contributed by atoms with Crippen LogP contribution in [0.2, 0.25) is 0 Å². The Balaban J connectivity index is 3.14. The van der Waals surface area contributed by atoms with Crippen LogP contribution >= 0.6 is 0 Å². The maximum Gasteiger partial charge on any atom is 0.333 e. The van der Waals surface area contributed by atoms with Gasteiger partial charge < -0.3 is 14.8 Å². The predicted octanol–water partition coefficient (Wildman–Crippen LogP) is 2.60. The summed E-state index contributed by atoms with van der Waals surface area (Å²) >= 11 is 0. The number of anilines is 1. The lowest BCUT2D eigenvalue weighted by molar-refractivity contribution is -0.384. The number of benzene rings is 1. The number of nitro benzene ring substituents is 1. The van der Waals surface area contributed by atoms with Gasteiger partial charge in [-0.05, 0) is 24.5 Å². The summed E-state index contributed by atoms with van der Waals surface area (Å²) in [5.41, 5.74) is 0.0352. The minimum absolute atomic E-state index is 0.137. The molecule has 1 rings (SSSR count). The van der Waals surface area contributed by atoms with E-state index >= 15 is 0 Å². The van der Waals surface area contributed by atoms with E-state index < -0.39 is 16.9 Å². The SMILES string of the molecule is COC(=O)C(CC(C)C)Nc1cccc(OC)c1[N+](=O)[O-]. The number of ether oxygens (including phenoxy) is 2. The number of rotatable bonds is 7. The summed E-state index contributed by atoms with van der Waals surface area (Å²) in [4.78, 5) is 22.5. The predicted molar refractivity (Wildman–Crippen MR) is 78.5 cm³/mol. The van der Waals surface area contributed by atoms with Gasteiger partial charge in [0.05, 0.1) is 19.1 Å². The van der Waals surface area contributed by atoms with E-state index in [9.17, 15) is 14.9 Å². The topological polar surface area (TPSA) is 90.7 Å². The summed E-state index contributed by atoms with van der Waals surface area (Å²) in [5, 5.41) is 14.1. The first-order valence-corrected chi connectivity index (χ1v) is 6.56. The van der Waals surface area contributed by atoms with Gasteiger partial charge in [0.2, 0.25) is 0 Å². The highest BCUT2D eigenvalue weighted by Crippen LogP contribution is 2.35. The Labute approximate surface area is 123 Å². The number of hydrogen-bond donors (Lipinski definition) is 1. The largest absolute Gasteiger partial charge is 0.490 e. The fourth-order valence-corrected chi connectivity index (χ4v) is 2.01. The normalized spacial score (nSPS) is 11.9. The second-order valence-electron chi connectivity index (χ2n) is 4.96. The first-order chi connectivity index (χ1) is 9.90. The lowest BCUT2D eigenvalue weighted by Crippen LogP contribution is -2.32. The first-order valence-electron chi connectivity index (χ1n) is 6.56. The van der Waals surface area contributed by atoms with Crippen LogP contribution in [0.3, 0.4) is 0 Å². The van der Waals surface area contributed by atoms with E-state index in [-0.39, 0.29) is 23.0 Å². The van der Waals surface area contributed by atoms with Crippen LogP contribution in [0.25, 0.3) is 0 Å². The molecule has 0 spiro atoms. The molecule has 0 aliphatic heterocycles. The van der Waals surface area contributed by atoms with Gasteiger partial charge in [0, 0.05) is 0 Å². The van der Waals surface area contributed by atoms with Gasteiger partial charge in [0.1, 0.15) is 11.7 Å². The Hall–Kier alpha value is -2.31. The summed E-state index contributed by atoms with van der Waals surface area (Å²) in [5.74, 6) is -0.0924. The molecule has 116 valence electrons. The molecule has 0 saturated carbocycles. The summed E-state index contributed by atoms with van der Waals surface area (Å²) < 4.78 is 9.74. The molecule has 0 amide bonds. The molecule has 7 heteroatoms. The molecule has 0 aliphatic carbocycles. The summed E-state index contributed by atoms with van der Waals surface area (Å²) in [6.45, 7) is 3.91. The van der Waals surface area contributed by atoms with Crippen molar-refractivity contribution in [2.75, 3.05) is 19.5 Å². The van der Waals surface area contributed by atoms with E-state index in [1.807, 2.05) is 13.8 Å². The van der Waals surface area contributed by atoms with Crippen molar-refractivity contribution in [3.05, 3.63) is 28.3 Å². The fourth-order valence-electron chi connectivity index (χ4n) is 2.01. The third-order valence-corrected chi connectivity index (χ3v) is 2.92. The van der Waals surface area contributed by atoms with Crippen LogP contribution in [-0.2, 0) is 9.53 Å². The maximum absolute atomic E-state index is 11.8. The third kappa shape index (κ3) is 4.34. The van der Waals surface area contributed by atoms with E-state index in [0.29, 0.717) is 6.42 Å². The Morgan fingerprint density at radius 2 is 2.05 bits per heavy atom. The van der Waals surface area contributed by atoms with Crippen molar-refractivity contribution in [1.29, 1.82) is 0 Å². The average Bonchev–Trinajstić information content (AvgIpc) is 2.44. The minimum atomic E-state index is -0.652. The molecule has 0 saturated heterocycles. The summed E-state index contributed by atoms with van der Waals surface area (Å²) in [6, 6.07) is 4.01. The van der Waals surface area contributed by atoms with Gasteiger partial charge in [-0.15, -0.1) is 0 Å². The second kappa shape index (κ2) is 7.47. The molecule has 0 heterocycles. The number of hydrogen-bond acceptors (Lipinski definition) is 6. The molecule has 0 bridgehead atoms. The maximum atomic E-state index is 11.8. The van der Waals surface area contributed by atoms with E-state index in [0.717, 1.165) is 0 Å². The number of esters is 1. The van der Waals surface area contributed by atoms with E-state index in [1.165, 1.54) is 26.4 Å². The van der Waals surface area contributed by atoms with Crippen LogP contribution in [-0.4, -0.2) is 31.2 Å². The highest BCUT2D eigenvalue weighted by molar-refractivity contribution is 5.81. The Bertz CT molecular complexity index is 516. The molecule has 21 heavy (non-hydrogen) atoms. The zero-order chi connectivity index (χ0) is 16.0. The zero-order valence-electron chi connectivity index (χ0n) is 12.6. The Morgan fingerprint density at radius 1 is 1.38 bits per heavy atom. The van der Waals surface area contributed by atoms with Gasteiger partial charge in [0.15, 0.2) is 5.75 Å². The number of methoxy groups -OCH3 is 2. The van der Waals surface area contributed by atoms with Crippen LogP contribution in [0.5, 0.6) is 5.75 Å². The van der Waals surface area contributed by atoms with Gasteiger partial charge in [-0.1, -0.05) is 19.9 Å². The molecule has 1 aromatic rings. The van der Waals surface area contributed by atoms with Crippen molar-refractivity contribution >= 4 is 17.3 Å². The first kappa shape index (κ1) is 16.7. The van der Waals surface area contributed by atoms with E-state index in [2.05, 4.69) is 5.32 Å². The van der Waals surface area contributed by atoms with Crippen LogP contribution in [0.15, 0.2) is 18.2 Å². The molecule has 0 aromatic heterocycles. The molecule has 1 atom stereocenters. The molecule has 0 fully saturated rings. The molecular formula is C14H20N2O5. The molecule has 1 aromatic carbocycles. The van der Waals surface area contributed by atoms with Gasteiger partial charge >= 0.3 is 11.7 Å². The number of para-hydroxylation sites is 1. The van der Waals surface area contributed by atoms with Gasteiger partial charge in [-0.2, -0.15) is 0 Å².